The summed E-state index contributed by atoms with van der Waals surface area (Å²) < 4.78 is 5.62. The summed E-state index contributed by atoms with van der Waals surface area (Å²) in [6.45, 7) is 3.92. The molecule has 0 unspecified atom stereocenters. The molecule has 132 valence electrons. The zero-order chi connectivity index (χ0) is 18.4. The van der Waals surface area contributed by atoms with E-state index in [9.17, 15) is 14.7 Å². The fraction of sp³-hybridized carbons (Fsp3) is 0.263. The summed E-state index contributed by atoms with van der Waals surface area (Å²) in [4.78, 5) is 23.2. The molecule has 2 aromatic rings. The Hall–Kier alpha value is -2.53. The van der Waals surface area contributed by atoms with Crippen LogP contribution in [0, 0.1) is 0 Å². The molecular formula is C19H19ClNO4-. The number of amides is 1. The fourth-order valence-electron chi connectivity index (χ4n) is 2.37. The Bertz CT molecular complexity index is 776. The largest absolute Gasteiger partial charge is 0.545 e. The van der Waals surface area contributed by atoms with Gasteiger partial charge in [-0.1, -0.05) is 43.6 Å². The van der Waals surface area contributed by atoms with Gasteiger partial charge in [0.25, 0.3) is 5.91 Å². The van der Waals surface area contributed by atoms with Crippen LogP contribution in [-0.2, 0) is 4.79 Å². The Morgan fingerprint density at radius 1 is 1.24 bits per heavy atom. The Morgan fingerprint density at radius 2 is 1.96 bits per heavy atom. The lowest BCUT2D eigenvalue weighted by atomic mass is 9.98. The van der Waals surface area contributed by atoms with Crippen molar-refractivity contribution in [1.29, 1.82) is 0 Å². The van der Waals surface area contributed by atoms with Gasteiger partial charge in [0.15, 0.2) is 6.61 Å². The first-order chi connectivity index (χ1) is 11.9. The highest BCUT2D eigenvalue weighted by atomic mass is 35.5. The van der Waals surface area contributed by atoms with Crippen LogP contribution in [0.3, 0.4) is 0 Å². The number of rotatable bonds is 7. The van der Waals surface area contributed by atoms with Gasteiger partial charge in [0, 0.05) is 10.6 Å². The van der Waals surface area contributed by atoms with E-state index in [4.69, 9.17) is 16.3 Å². The number of para-hydroxylation sites is 1. The van der Waals surface area contributed by atoms with E-state index in [0.717, 1.165) is 12.0 Å². The van der Waals surface area contributed by atoms with Gasteiger partial charge in [0.2, 0.25) is 0 Å². The number of carbonyl (C=O) groups is 2. The third-order valence-corrected chi connectivity index (χ3v) is 4.13. The van der Waals surface area contributed by atoms with Crippen LogP contribution in [0.1, 0.15) is 42.1 Å². The quantitative estimate of drug-likeness (QED) is 0.822. The van der Waals surface area contributed by atoms with Gasteiger partial charge in [-0.3, -0.25) is 4.79 Å². The number of aromatic carboxylic acids is 1. The topological polar surface area (TPSA) is 78.5 Å². The van der Waals surface area contributed by atoms with Crippen LogP contribution in [0.25, 0.3) is 0 Å². The van der Waals surface area contributed by atoms with Crippen molar-refractivity contribution in [2.45, 2.75) is 26.2 Å². The molecule has 0 aliphatic rings. The zero-order valence-corrected chi connectivity index (χ0v) is 14.8. The molecule has 1 N–H and O–H groups in total. The molecule has 6 heteroatoms. The van der Waals surface area contributed by atoms with Crippen molar-refractivity contribution in [2.75, 3.05) is 11.9 Å². The molecule has 0 bridgehead atoms. The molecule has 1 amide bonds. The van der Waals surface area contributed by atoms with Crippen molar-refractivity contribution >= 4 is 29.2 Å². The van der Waals surface area contributed by atoms with Gasteiger partial charge < -0.3 is 20.0 Å². The molecule has 0 saturated heterocycles. The predicted octanol–water partition coefficient (Wildman–Crippen LogP) is 3.23. The standard InChI is InChI=1S/C19H20ClNO4/c1-3-12(2)14-6-4-5-7-17(14)25-11-18(22)21-16-10-13(20)8-9-15(16)19(23)24/h4-10,12H,3,11H2,1-2H3,(H,21,22)(H,23,24)/p-1/t12-/m1/s1. The molecule has 0 aliphatic heterocycles. The molecule has 0 aliphatic carbocycles. The molecule has 5 nitrogen and oxygen atoms in total. The summed E-state index contributed by atoms with van der Waals surface area (Å²) in [7, 11) is 0. The van der Waals surface area contributed by atoms with E-state index in [-0.39, 0.29) is 17.9 Å². The van der Waals surface area contributed by atoms with E-state index in [1.165, 1.54) is 18.2 Å². The summed E-state index contributed by atoms with van der Waals surface area (Å²) in [6.07, 6.45) is 0.948. The number of carboxylic acid groups (broad SMARTS) is 1. The molecule has 0 heterocycles. The van der Waals surface area contributed by atoms with Gasteiger partial charge in [-0.05, 0) is 42.2 Å². The smallest absolute Gasteiger partial charge is 0.262 e. The highest BCUT2D eigenvalue weighted by Crippen LogP contribution is 2.28. The predicted molar refractivity (Wildman–Crippen MR) is 95.1 cm³/mol. The van der Waals surface area contributed by atoms with Crippen molar-refractivity contribution in [3.8, 4) is 5.75 Å². The first-order valence-corrected chi connectivity index (χ1v) is 8.32. The van der Waals surface area contributed by atoms with Crippen molar-refractivity contribution in [1.82, 2.24) is 0 Å². The van der Waals surface area contributed by atoms with Gasteiger partial charge in [-0.2, -0.15) is 0 Å². The Balaban J connectivity index is 2.08. The highest BCUT2D eigenvalue weighted by molar-refractivity contribution is 6.31. The van der Waals surface area contributed by atoms with Crippen molar-refractivity contribution in [3.05, 3.63) is 58.6 Å². The number of anilines is 1. The number of halogens is 1. The molecule has 1 atom stereocenters. The summed E-state index contributed by atoms with van der Waals surface area (Å²) in [6, 6.07) is 11.6. The number of hydrogen-bond donors (Lipinski definition) is 1. The zero-order valence-electron chi connectivity index (χ0n) is 14.0. The van der Waals surface area contributed by atoms with Crippen molar-refractivity contribution < 1.29 is 19.4 Å². The maximum absolute atomic E-state index is 12.1. The Kier molecular flexibility index (Phi) is 6.42. The van der Waals surface area contributed by atoms with E-state index >= 15 is 0 Å². The SMILES string of the molecule is CC[C@@H](C)c1ccccc1OCC(=O)Nc1cc(Cl)ccc1C(=O)[O-]. The van der Waals surface area contributed by atoms with E-state index in [0.29, 0.717) is 16.7 Å². The third-order valence-electron chi connectivity index (χ3n) is 3.90. The number of carboxylic acids is 1. The lowest BCUT2D eigenvalue weighted by Crippen LogP contribution is -2.26. The van der Waals surface area contributed by atoms with Crippen molar-refractivity contribution in [2.24, 2.45) is 0 Å². The lowest BCUT2D eigenvalue weighted by Gasteiger charge is -2.16. The van der Waals surface area contributed by atoms with Gasteiger partial charge >= 0.3 is 0 Å². The molecule has 0 spiro atoms. The second kappa shape index (κ2) is 8.53. The van der Waals surface area contributed by atoms with E-state index < -0.39 is 11.9 Å². The summed E-state index contributed by atoms with van der Waals surface area (Å²) >= 11 is 5.85. The van der Waals surface area contributed by atoms with Crippen LogP contribution in [0.4, 0.5) is 5.69 Å². The summed E-state index contributed by atoms with van der Waals surface area (Å²) in [5, 5.41) is 13.9. The van der Waals surface area contributed by atoms with Crippen LogP contribution < -0.4 is 15.2 Å². The second-order valence-electron chi connectivity index (χ2n) is 5.66. The van der Waals surface area contributed by atoms with Crippen LogP contribution >= 0.6 is 11.6 Å². The highest BCUT2D eigenvalue weighted by Gasteiger charge is 2.13. The normalized spacial score (nSPS) is 11.6. The molecule has 0 fully saturated rings. The first-order valence-electron chi connectivity index (χ1n) is 7.94. The lowest BCUT2D eigenvalue weighted by molar-refractivity contribution is -0.254. The average molecular weight is 361 g/mol. The van der Waals surface area contributed by atoms with Crippen molar-refractivity contribution in [3.63, 3.8) is 0 Å². The van der Waals surface area contributed by atoms with Gasteiger partial charge in [-0.25, -0.2) is 0 Å². The first kappa shape index (κ1) is 18.8. The molecule has 25 heavy (non-hydrogen) atoms. The van der Waals surface area contributed by atoms with Gasteiger partial charge in [0.05, 0.1) is 11.7 Å². The minimum Gasteiger partial charge on any atom is -0.545 e. The molecule has 2 aromatic carbocycles. The number of ether oxygens (including phenoxy) is 1. The number of carbonyl (C=O) groups excluding carboxylic acids is 2. The Morgan fingerprint density at radius 3 is 2.64 bits per heavy atom. The number of nitrogens with one attached hydrogen (secondary N) is 1. The minimum atomic E-state index is -1.39. The molecular weight excluding hydrogens is 342 g/mol. The van der Waals surface area contributed by atoms with Crippen LogP contribution in [-0.4, -0.2) is 18.5 Å². The summed E-state index contributed by atoms with van der Waals surface area (Å²) in [5.74, 6) is -0.936. The monoisotopic (exact) mass is 360 g/mol. The van der Waals surface area contributed by atoms with E-state index in [1.54, 1.807) is 6.07 Å². The number of hydrogen-bond acceptors (Lipinski definition) is 4. The minimum absolute atomic E-state index is 0.0799. The van der Waals surface area contributed by atoms with Gasteiger partial charge in [-0.15, -0.1) is 0 Å². The van der Waals surface area contributed by atoms with E-state index in [2.05, 4.69) is 19.2 Å². The molecule has 0 saturated carbocycles. The van der Waals surface area contributed by atoms with Crippen LogP contribution in [0.2, 0.25) is 5.02 Å². The molecule has 2 rings (SSSR count). The van der Waals surface area contributed by atoms with E-state index in [1.807, 2.05) is 18.2 Å². The van der Waals surface area contributed by atoms with Crippen LogP contribution in [0.15, 0.2) is 42.5 Å². The second-order valence-corrected chi connectivity index (χ2v) is 6.10. The van der Waals surface area contributed by atoms with Crippen LogP contribution in [0.5, 0.6) is 5.75 Å². The Labute approximate surface area is 151 Å². The van der Waals surface area contributed by atoms with Gasteiger partial charge in [0.1, 0.15) is 5.75 Å². The maximum Gasteiger partial charge on any atom is 0.262 e. The summed E-state index contributed by atoms with van der Waals surface area (Å²) in [5.41, 5.74) is 0.963. The number of benzene rings is 2. The maximum atomic E-state index is 12.1. The fourth-order valence-corrected chi connectivity index (χ4v) is 2.54. The molecule has 0 aromatic heterocycles. The molecule has 0 radical (unpaired) electrons. The third kappa shape index (κ3) is 4.97. The average Bonchev–Trinajstić information content (AvgIpc) is 2.59.